The Kier molecular flexibility index (Phi) is 3.51. The van der Waals surface area contributed by atoms with Crippen LogP contribution in [0.1, 0.15) is 20.8 Å². The smallest absolute Gasteiger partial charge is 0.263 e. The van der Waals surface area contributed by atoms with Crippen molar-refractivity contribution in [3.8, 4) is 0 Å². The van der Waals surface area contributed by atoms with Crippen LogP contribution in [-0.4, -0.2) is 23.2 Å². The van der Waals surface area contributed by atoms with Crippen LogP contribution in [0.2, 0.25) is 0 Å². The van der Waals surface area contributed by atoms with Gasteiger partial charge in [0.2, 0.25) is 0 Å². The molecule has 0 aliphatic rings. The molecule has 0 unspecified atom stereocenters. The van der Waals surface area contributed by atoms with E-state index in [1.165, 1.54) is 6.20 Å². The number of nitrogens with one attached hydrogen (secondary N) is 1. The van der Waals surface area contributed by atoms with Gasteiger partial charge in [0.05, 0.1) is 23.6 Å². The third kappa shape index (κ3) is 3.13. The zero-order valence-electron chi connectivity index (χ0n) is 11.3. The number of hydrogen-bond donors (Lipinski definition) is 1. The van der Waals surface area contributed by atoms with E-state index in [0.29, 0.717) is 5.69 Å². The fourth-order valence-electron chi connectivity index (χ4n) is 1.50. The summed E-state index contributed by atoms with van der Waals surface area (Å²) < 4.78 is 41.1. The van der Waals surface area contributed by atoms with Crippen LogP contribution in [0.5, 0.6) is 0 Å². The van der Waals surface area contributed by atoms with Crippen LogP contribution >= 0.6 is 0 Å². The molecular formula is C12H15FN4O2S. The average molecular weight is 298 g/mol. The largest absolute Gasteiger partial charge is 0.276 e. The Balaban J connectivity index is 2.27. The summed E-state index contributed by atoms with van der Waals surface area (Å²) in [4.78, 5) is 3.29. The van der Waals surface area contributed by atoms with Gasteiger partial charge in [-0.15, -0.1) is 0 Å². The van der Waals surface area contributed by atoms with Gasteiger partial charge < -0.3 is 0 Å². The summed E-state index contributed by atoms with van der Waals surface area (Å²) in [7, 11) is -3.87. The van der Waals surface area contributed by atoms with Crippen molar-refractivity contribution in [2.45, 2.75) is 31.2 Å². The predicted molar refractivity (Wildman–Crippen MR) is 72.2 cm³/mol. The molecule has 8 heteroatoms. The highest BCUT2D eigenvalue weighted by atomic mass is 32.2. The number of rotatable bonds is 3. The lowest BCUT2D eigenvalue weighted by atomic mass is 10.1. The zero-order chi connectivity index (χ0) is 15.0. The molecule has 0 amide bonds. The van der Waals surface area contributed by atoms with Gasteiger partial charge in [-0.1, -0.05) is 0 Å². The highest BCUT2D eigenvalue weighted by Crippen LogP contribution is 2.19. The third-order valence-electron chi connectivity index (χ3n) is 2.51. The summed E-state index contributed by atoms with van der Waals surface area (Å²) in [5.41, 5.74) is 0.0496. The summed E-state index contributed by atoms with van der Waals surface area (Å²) in [5.74, 6) is -0.710. The molecule has 0 atom stereocenters. The lowest BCUT2D eigenvalue weighted by molar-refractivity contribution is 0.355. The lowest BCUT2D eigenvalue weighted by Gasteiger charge is -2.18. The minimum absolute atomic E-state index is 0.235. The fraction of sp³-hybridized carbons (Fsp3) is 0.333. The first kappa shape index (κ1) is 14.4. The van der Waals surface area contributed by atoms with Gasteiger partial charge in [-0.2, -0.15) is 5.10 Å². The molecule has 0 aliphatic heterocycles. The Hall–Kier alpha value is -1.96. The van der Waals surface area contributed by atoms with Crippen molar-refractivity contribution in [3.05, 3.63) is 36.7 Å². The monoisotopic (exact) mass is 298 g/mol. The van der Waals surface area contributed by atoms with E-state index in [9.17, 15) is 12.8 Å². The van der Waals surface area contributed by atoms with Crippen LogP contribution in [0, 0.1) is 5.82 Å². The van der Waals surface area contributed by atoms with Crippen molar-refractivity contribution in [3.63, 3.8) is 0 Å². The van der Waals surface area contributed by atoms with E-state index in [0.717, 1.165) is 18.5 Å². The Morgan fingerprint density at radius 1 is 1.25 bits per heavy atom. The number of hydrogen-bond acceptors (Lipinski definition) is 4. The summed E-state index contributed by atoms with van der Waals surface area (Å²) in [6.45, 7) is 5.82. The number of nitrogens with zero attached hydrogens (tertiary/aromatic N) is 3. The molecule has 2 aromatic heterocycles. The first-order chi connectivity index (χ1) is 9.18. The van der Waals surface area contributed by atoms with Crippen molar-refractivity contribution in [1.82, 2.24) is 14.8 Å². The van der Waals surface area contributed by atoms with Gasteiger partial charge in [0, 0.05) is 12.4 Å². The summed E-state index contributed by atoms with van der Waals surface area (Å²) in [6.07, 6.45) is 5.00. The predicted octanol–water partition coefficient (Wildman–Crippen LogP) is 1.97. The number of aromatic nitrogens is 3. The van der Waals surface area contributed by atoms with Gasteiger partial charge in [0.25, 0.3) is 10.0 Å². The summed E-state index contributed by atoms with van der Waals surface area (Å²) >= 11 is 0. The highest BCUT2D eigenvalue weighted by Gasteiger charge is 2.19. The molecule has 0 saturated carbocycles. The van der Waals surface area contributed by atoms with Crippen LogP contribution in [0.15, 0.2) is 35.7 Å². The molecule has 108 valence electrons. The van der Waals surface area contributed by atoms with Crippen LogP contribution < -0.4 is 4.72 Å². The molecule has 1 N–H and O–H groups in total. The van der Waals surface area contributed by atoms with Crippen LogP contribution in [0.4, 0.5) is 10.1 Å². The maximum absolute atomic E-state index is 13.0. The van der Waals surface area contributed by atoms with E-state index in [1.807, 2.05) is 20.8 Å². The molecule has 0 bridgehead atoms. The number of anilines is 1. The van der Waals surface area contributed by atoms with E-state index in [4.69, 9.17) is 0 Å². The Morgan fingerprint density at radius 2 is 1.95 bits per heavy atom. The highest BCUT2D eigenvalue weighted by molar-refractivity contribution is 7.92. The molecule has 0 radical (unpaired) electrons. The van der Waals surface area contributed by atoms with E-state index in [1.54, 1.807) is 10.9 Å². The molecule has 0 spiro atoms. The molecule has 0 aliphatic carbocycles. The number of pyridine rings is 1. The SMILES string of the molecule is CC(C)(C)n1cc(NS(=O)(=O)c2cncc(F)c2)cn1. The van der Waals surface area contributed by atoms with Crippen LogP contribution in [0.3, 0.4) is 0 Å². The molecule has 0 aromatic carbocycles. The van der Waals surface area contributed by atoms with Crippen molar-refractivity contribution in [2.75, 3.05) is 4.72 Å². The second kappa shape index (κ2) is 4.86. The van der Waals surface area contributed by atoms with Crippen LogP contribution in [0.25, 0.3) is 0 Å². The van der Waals surface area contributed by atoms with E-state index in [2.05, 4.69) is 14.8 Å². The van der Waals surface area contributed by atoms with Crippen molar-refractivity contribution >= 4 is 15.7 Å². The van der Waals surface area contributed by atoms with E-state index in [-0.39, 0.29) is 10.4 Å². The summed E-state index contributed by atoms with van der Waals surface area (Å²) in [6, 6.07) is 0.906. The van der Waals surface area contributed by atoms with Gasteiger partial charge >= 0.3 is 0 Å². The van der Waals surface area contributed by atoms with Gasteiger partial charge in [0.15, 0.2) is 0 Å². The second-order valence-corrected chi connectivity index (χ2v) is 6.97. The van der Waals surface area contributed by atoms with Crippen molar-refractivity contribution in [1.29, 1.82) is 0 Å². The first-order valence-electron chi connectivity index (χ1n) is 5.87. The Labute approximate surface area is 116 Å². The molecule has 2 aromatic rings. The molecule has 0 fully saturated rings. The Bertz CT molecular complexity index is 719. The van der Waals surface area contributed by atoms with E-state index < -0.39 is 15.8 Å². The quantitative estimate of drug-likeness (QED) is 0.940. The first-order valence-corrected chi connectivity index (χ1v) is 7.35. The molecule has 6 nitrogen and oxygen atoms in total. The number of halogens is 1. The zero-order valence-corrected chi connectivity index (χ0v) is 12.1. The average Bonchev–Trinajstić information content (AvgIpc) is 2.76. The third-order valence-corrected chi connectivity index (χ3v) is 3.86. The standard InChI is InChI=1S/C12H15FN4O2S/c1-12(2,3)17-8-10(6-15-17)16-20(18,19)11-4-9(13)5-14-7-11/h4-8,16H,1-3H3. The molecule has 2 rings (SSSR count). The number of sulfonamides is 1. The van der Waals surface area contributed by atoms with Gasteiger partial charge in [-0.25, -0.2) is 12.8 Å². The van der Waals surface area contributed by atoms with E-state index >= 15 is 0 Å². The van der Waals surface area contributed by atoms with Gasteiger partial charge in [0.1, 0.15) is 10.7 Å². The van der Waals surface area contributed by atoms with Gasteiger partial charge in [-0.3, -0.25) is 14.4 Å². The molecular weight excluding hydrogens is 283 g/mol. The lowest BCUT2D eigenvalue weighted by Crippen LogP contribution is -2.22. The topological polar surface area (TPSA) is 76.9 Å². The minimum atomic E-state index is -3.87. The van der Waals surface area contributed by atoms with Crippen molar-refractivity contribution in [2.24, 2.45) is 0 Å². The molecule has 20 heavy (non-hydrogen) atoms. The molecule has 0 saturated heterocycles. The minimum Gasteiger partial charge on any atom is -0.276 e. The maximum atomic E-state index is 13.0. The fourth-order valence-corrected chi connectivity index (χ4v) is 2.50. The Morgan fingerprint density at radius 3 is 2.50 bits per heavy atom. The van der Waals surface area contributed by atoms with Gasteiger partial charge in [-0.05, 0) is 26.8 Å². The summed E-state index contributed by atoms with van der Waals surface area (Å²) in [5, 5.41) is 4.08. The maximum Gasteiger partial charge on any atom is 0.263 e. The van der Waals surface area contributed by atoms with Crippen molar-refractivity contribution < 1.29 is 12.8 Å². The normalized spacial score (nSPS) is 12.4. The molecule has 2 heterocycles. The second-order valence-electron chi connectivity index (χ2n) is 5.29. The van der Waals surface area contributed by atoms with Crippen LogP contribution in [-0.2, 0) is 15.6 Å².